The number of likely N-dealkylation sites (tertiary alicyclic amines) is 4. The van der Waals surface area contributed by atoms with Crippen LogP contribution in [-0.4, -0.2) is 244 Å². The lowest BCUT2D eigenvalue weighted by atomic mass is 10.0. The van der Waals surface area contributed by atoms with Gasteiger partial charge in [-0.3, -0.25) is 43.2 Å². The fourth-order valence-electron chi connectivity index (χ4n) is 10.8. The number of carbonyl (C=O) groups is 10. The number of carbonyl (C=O) groups excluding carboxylic acids is 9. The molecule has 9 amide bonds. The summed E-state index contributed by atoms with van der Waals surface area (Å²) >= 11 is 0. The van der Waals surface area contributed by atoms with Crippen molar-refractivity contribution in [1.29, 1.82) is 0 Å². The highest BCUT2D eigenvalue weighted by atomic mass is 16.4. The Balaban J connectivity index is 1.18. The van der Waals surface area contributed by atoms with Crippen LogP contribution in [0.2, 0.25) is 0 Å². The third-order valence-electron chi connectivity index (χ3n) is 15.2. The van der Waals surface area contributed by atoms with Crippen molar-refractivity contribution in [3.63, 3.8) is 0 Å². The molecule has 4 aliphatic rings. The van der Waals surface area contributed by atoms with Gasteiger partial charge < -0.3 is 98.5 Å². The number of unbranched alkanes of at least 4 members (excludes halogenated alkanes) is 1. The van der Waals surface area contributed by atoms with Crippen molar-refractivity contribution in [3.05, 3.63) is 59.7 Å². The second-order valence-corrected chi connectivity index (χ2v) is 21.7. The average molecular weight is 1170 g/mol. The smallest absolute Gasteiger partial charge is 0.326 e. The molecule has 17 N–H and O–H groups in total. The third kappa shape index (κ3) is 16.6. The van der Waals surface area contributed by atoms with Crippen LogP contribution in [0.5, 0.6) is 11.5 Å². The molecule has 4 heterocycles. The number of aliphatic hydroxyl groups is 5. The first kappa shape index (κ1) is 64.6. The number of rotatable bonds is 25. The highest BCUT2D eigenvalue weighted by molar-refractivity contribution is 5.99. The Hall–Kier alpha value is -7.54. The van der Waals surface area contributed by atoms with Gasteiger partial charge in [-0.15, -0.1) is 0 Å². The zero-order chi connectivity index (χ0) is 61.0. The number of nitrogens with two attached hydrogens (primary N) is 2. The Labute approximate surface area is 477 Å². The molecule has 0 bridgehead atoms. The van der Waals surface area contributed by atoms with Gasteiger partial charge in [-0.05, 0) is 87.9 Å². The number of β-amino-alcohol motifs (C(OH)–C–C–N with tert-alkyl or cyclic N) is 3. The van der Waals surface area contributed by atoms with E-state index in [1.807, 2.05) is 0 Å². The van der Waals surface area contributed by atoms with Crippen LogP contribution < -0.4 is 38.1 Å². The first-order chi connectivity index (χ1) is 39.3. The van der Waals surface area contributed by atoms with Crippen LogP contribution >= 0.6 is 0 Å². The molecule has 0 aromatic heterocycles. The maximum absolute atomic E-state index is 14.8. The summed E-state index contributed by atoms with van der Waals surface area (Å²) in [6, 6.07) is -3.41. The average Bonchev–Trinajstić information content (AvgIpc) is 3.74. The van der Waals surface area contributed by atoms with Crippen LogP contribution in [0.4, 0.5) is 0 Å². The van der Waals surface area contributed by atoms with E-state index in [4.69, 9.17) is 11.5 Å². The van der Waals surface area contributed by atoms with Gasteiger partial charge in [-0.2, -0.15) is 0 Å². The van der Waals surface area contributed by atoms with E-state index in [1.165, 1.54) is 60.4 Å². The van der Waals surface area contributed by atoms with Crippen molar-refractivity contribution in [1.82, 2.24) is 46.2 Å². The molecule has 0 spiro atoms. The van der Waals surface area contributed by atoms with E-state index >= 15 is 0 Å². The fourth-order valence-corrected chi connectivity index (χ4v) is 10.8. The number of aliphatic hydroxyl groups excluding tert-OH is 5. The minimum atomic E-state index is -1.85. The topological polar surface area (TPSA) is 458 Å². The fraction of sp³-hybridized carbons (Fsp3) is 0.593. The lowest BCUT2D eigenvalue weighted by molar-refractivity contribution is -0.149. The summed E-state index contributed by atoms with van der Waals surface area (Å²) in [5.74, 6) is -9.76. The number of benzene rings is 2. The SMILES string of the molecule is C[C@H](N)C(=O)N[C@@H](CCCCN)C(=O)N1CCC[C@H]1C(=O)N[C@@H](CO)C(=O)N[C@@H](Cc1ccc(O)cc1)C(=O)N1C[C@H](O)C[C@H]1C(=O)N1C[C@H](O)C[C@H]1C(=O)N[C@H](C(=O)N[C@@H](Cc1ccc(O)cc1)C(=O)N1C[C@H](O)C[C@H]1C(=O)O)[C@@H](C)O. The molecule has 0 aliphatic carbocycles. The molecular weight excluding hydrogens is 1090 g/mol. The monoisotopic (exact) mass is 1170 g/mol. The number of aliphatic carboxylic acids is 1. The lowest BCUT2D eigenvalue weighted by Crippen LogP contribution is -2.61. The molecule has 4 fully saturated rings. The Kier molecular flexibility index (Phi) is 22.7. The third-order valence-corrected chi connectivity index (χ3v) is 15.2. The predicted octanol–water partition coefficient (Wildman–Crippen LogP) is -5.88. The van der Waals surface area contributed by atoms with E-state index in [-0.39, 0.29) is 56.7 Å². The lowest BCUT2D eigenvalue weighted by Gasteiger charge is -2.34. The van der Waals surface area contributed by atoms with E-state index in [1.54, 1.807) is 0 Å². The van der Waals surface area contributed by atoms with E-state index < -0.39 is 177 Å². The summed E-state index contributed by atoms with van der Waals surface area (Å²) in [5.41, 5.74) is 12.2. The maximum atomic E-state index is 14.8. The summed E-state index contributed by atoms with van der Waals surface area (Å²) in [4.78, 5) is 142. The number of phenols is 2. The standard InChI is InChI=1S/C54H77N11O18/c1-27(56)45(73)57-36(6-3-4-16-55)50(78)62-17-5-7-40(62)47(75)60-39(26-66)46(74)58-37(18-29-8-12-31(68)13-9-29)51(79)64-24-34(71)21-42(64)53(81)63-23-33(70)20-41(63)48(76)61-44(28(2)67)49(77)59-38(19-30-10-14-32(69)15-11-30)52(80)65-25-35(72)22-43(65)54(82)83/h8-15,27-28,33-44,66-72H,3-7,16-26,55-56H2,1-2H3,(H,57,73)(H,58,74)(H,59,77)(H,60,75)(H,61,76)(H,82,83)/t27-,28+,33+,34+,35+,36-,37-,38-,39-,40-,41-,42-,43-,44-/m0/s1. The van der Waals surface area contributed by atoms with Crippen LogP contribution in [0.15, 0.2) is 48.5 Å². The number of hydrogen-bond acceptors (Lipinski definition) is 19. The molecule has 2 aromatic carbocycles. The summed E-state index contributed by atoms with van der Waals surface area (Å²) in [6.07, 6.45) is -5.52. The van der Waals surface area contributed by atoms with Crippen LogP contribution in [0.25, 0.3) is 0 Å². The van der Waals surface area contributed by atoms with Crippen molar-refractivity contribution in [3.8, 4) is 11.5 Å². The molecule has 6 rings (SSSR count). The number of nitrogens with zero attached hydrogens (tertiary/aromatic N) is 4. The molecule has 2 aromatic rings. The molecule has 4 saturated heterocycles. The highest BCUT2D eigenvalue weighted by Crippen LogP contribution is 2.28. The normalized spacial score (nSPS) is 23.9. The molecule has 4 aliphatic heterocycles. The van der Waals surface area contributed by atoms with Gasteiger partial charge in [0.2, 0.25) is 53.2 Å². The number of hydrogen-bond donors (Lipinski definition) is 15. The summed E-state index contributed by atoms with van der Waals surface area (Å²) in [6.45, 7) is 0.692. The second kappa shape index (κ2) is 29.1. The minimum Gasteiger partial charge on any atom is -0.508 e. The van der Waals surface area contributed by atoms with Gasteiger partial charge in [0.25, 0.3) is 0 Å². The van der Waals surface area contributed by atoms with Crippen LogP contribution in [0.3, 0.4) is 0 Å². The molecule has 14 atom stereocenters. The van der Waals surface area contributed by atoms with Crippen molar-refractivity contribution in [2.24, 2.45) is 11.5 Å². The van der Waals surface area contributed by atoms with Crippen LogP contribution in [0, 0.1) is 0 Å². The Morgan fingerprint density at radius 2 is 1.05 bits per heavy atom. The van der Waals surface area contributed by atoms with Gasteiger partial charge in [0.15, 0.2) is 0 Å². The van der Waals surface area contributed by atoms with Gasteiger partial charge >= 0.3 is 5.97 Å². The van der Waals surface area contributed by atoms with Gasteiger partial charge in [0.1, 0.15) is 65.9 Å². The van der Waals surface area contributed by atoms with E-state index in [0.29, 0.717) is 36.9 Å². The Morgan fingerprint density at radius 3 is 1.55 bits per heavy atom. The zero-order valence-corrected chi connectivity index (χ0v) is 46.1. The van der Waals surface area contributed by atoms with Gasteiger partial charge in [-0.25, -0.2) is 4.79 Å². The molecule has 0 radical (unpaired) electrons. The quantitative estimate of drug-likeness (QED) is 0.0412. The van der Waals surface area contributed by atoms with Gasteiger partial charge in [-0.1, -0.05) is 24.3 Å². The Morgan fingerprint density at radius 1 is 0.578 bits per heavy atom. The minimum absolute atomic E-state index is 0.119. The largest absolute Gasteiger partial charge is 0.508 e. The molecular formula is C54H77N11O18. The molecule has 29 heteroatoms. The van der Waals surface area contributed by atoms with Crippen molar-refractivity contribution in [2.75, 3.05) is 39.3 Å². The number of aromatic hydroxyl groups is 2. The molecule has 0 unspecified atom stereocenters. The number of carboxylic acid groups (broad SMARTS) is 1. The molecule has 83 heavy (non-hydrogen) atoms. The number of phenolic OH excluding ortho intramolecular Hbond substituents is 2. The second-order valence-electron chi connectivity index (χ2n) is 21.7. The predicted molar refractivity (Wildman–Crippen MR) is 289 cm³/mol. The maximum Gasteiger partial charge on any atom is 0.326 e. The molecule has 29 nitrogen and oxygen atoms in total. The van der Waals surface area contributed by atoms with E-state index in [9.17, 15) is 88.8 Å². The number of carboxylic acids is 1. The summed E-state index contributed by atoms with van der Waals surface area (Å²) < 4.78 is 0. The van der Waals surface area contributed by atoms with Crippen molar-refractivity contribution >= 4 is 59.1 Å². The first-order valence-corrected chi connectivity index (χ1v) is 27.6. The first-order valence-electron chi connectivity index (χ1n) is 27.6. The van der Waals surface area contributed by atoms with E-state index in [2.05, 4.69) is 26.6 Å². The molecule has 0 saturated carbocycles. The summed E-state index contributed by atoms with van der Waals surface area (Å²) in [5, 5.41) is 95.9. The van der Waals surface area contributed by atoms with Gasteiger partial charge in [0, 0.05) is 58.3 Å². The number of amides is 9. The highest BCUT2D eigenvalue weighted by Gasteiger charge is 2.49. The van der Waals surface area contributed by atoms with E-state index in [0.717, 1.165) is 21.6 Å². The molecule has 456 valence electrons. The van der Waals surface area contributed by atoms with Crippen LogP contribution in [-0.2, 0) is 60.8 Å². The zero-order valence-electron chi connectivity index (χ0n) is 46.1. The van der Waals surface area contributed by atoms with Crippen molar-refractivity contribution < 1.29 is 88.8 Å². The Bertz CT molecular complexity index is 2660. The van der Waals surface area contributed by atoms with Gasteiger partial charge in [0.05, 0.1) is 37.1 Å². The van der Waals surface area contributed by atoms with Crippen LogP contribution in [0.1, 0.15) is 76.3 Å². The number of nitrogens with one attached hydrogen (secondary N) is 5. The van der Waals surface area contributed by atoms with Crippen molar-refractivity contribution in [2.45, 2.75) is 163 Å². The summed E-state index contributed by atoms with van der Waals surface area (Å²) in [7, 11) is 0.